The van der Waals surface area contributed by atoms with Gasteiger partial charge >= 0.3 is 0 Å². The lowest BCUT2D eigenvalue weighted by Crippen LogP contribution is -2.13. The van der Waals surface area contributed by atoms with Gasteiger partial charge in [0, 0.05) is 12.6 Å². The number of anilines is 1. The minimum atomic E-state index is -0.647. The van der Waals surface area contributed by atoms with Crippen LogP contribution in [0.25, 0.3) is 0 Å². The van der Waals surface area contributed by atoms with Crippen molar-refractivity contribution in [1.82, 2.24) is 0 Å². The third-order valence-corrected chi connectivity index (χ3v) is 2.58. The predicted molar refractivity (Wildman–Crippen MR) is 72.3 cm³/mol. The molecule has 0 spiro atoms. The Morgan fingerprint density at radius 3 is 2.26 bits per heavy atom. The quantitative estimate of drug-likeness (QED) is 0.651. The predicted octanol–water partition coefficient (Wildman–Crippen LogP) is 3.35. The Labute approximate surface area is 110 Å². The molecular formula is C12H17N3O4. The summed E-state index contributed by atoms with van der Waals surface area (Å²) in [6.07, 6.45) is 0.834. The van der Waals surface area contributed by atoms with E-state index in [1.807, 2.05) is 0 Å². The van der Waals surface area contributed by atoms with Crippen molar-refractivity contribution in [3.05, 3.63) is 38.4 Å². The van der Waals surface area contributed by atoms with Crippen LogP contribution in [0, 0.1) is 25.6 Å². The largest absolute Gasteiger partial charge is 0.379 e. The minimum absolute atomic E-state index is 0.114. The van der Waals surface area contributed by atoms with Gasteiger partial charge in [0.1, 0.15) is 5.69 Å². The molecule has 0 heterocycles. The number of benzene rings is 1. The smallest absolute Gasteiger partial charge is 0.299 e. The van der Waals surface area contributed by atoms with Gasteiger partial charge in [-0.25, -0.2) is 0 Å². The van der Waals surface area contributed by atoms with E-state index in [0.29, 0.717) is 12.2 Å². The summed E-state index contributed by atoms with van der Waals surface area (Å²) in [5.74, 6) is 0. The molecule has 1 aromatic carbocycles. The SMILES string of the molecule is CC(C)(C)CCNc1ccc([N+](=O)[O-])cc1[N+](=O)[O-]. The van der Waals surface area contributed by atoms with Crippen molar-refractivity contribution in [2.75, 3.05) is 11.9 Å². The first kappa shape index (κ1) is 14.9. The zero-order valence-electron chi connectivity index (χ0n) is 11.2. The van der Waals surface area contributed by atoms with Crippen LogP contribution >= 0.6 is 0 Å². The Hall–Kier alpha value is -2.18. The van der Waals surface area contributed by atoms with Crippen LogP contribution in [0.3, 0.4) is 0 Å². The molecule has 0 bridgehead atoms. The van der Waals surface area contributed by atoms with Crippen molar-refractivity contribution in [2.45, 2.75) is 27.2 Å². The van der Waals surface area contributed by atoms with Gasteiger partial charge in [0.25, 0.3) is 11.4 Å². The van der Waals surface area contributed by atoms with Crippen molar-refractivity contribution in [3.63, 3.8) is 0 Å². The Balaban J connectivity index is 2.89. The number of nitro benzene ring substituents is 2. The van der Waals surface area contributed by atoms with Crippen molar-refractivity contribution in [3.8, 4) is 0 Å². The highest BCUT2D eigenvalue weighted by atomic mass is 16.6. The van der Waals surface area contributed by atoms with Gasteiger partial charge in [-0.1, -0.05) is 20.8 Å². The van der Waals surface area contributed by atoms with E-state index in [9.17, 15) is 20.2 Å². The fraction of sp³-hybridized carbons (Fsp3) is 0.500. The number of non-ortho nitro benzene ring substituents is 1. The molecule has 0 radical (unpaired) electrons. The van der Waals surface area contributed by atoms with Gasteiger partial charge in [-0.05, 0) is 17.9 Å². The maximum absolute atomic E-state index is 10.9. The molecule has 0 atom stereocenters. The zero-order valence-corrected chi connectivity index (χ0v) is 11.2. The lowest BCUT2D eigenvalue weighted by Gasteiger charge is -2.18. The molecule has 0 aromatic heterocycles. The molecule has 19 heavy (non-hydrogen) atoms. The van der Waals surface area contributed by atoms with E-state index in [1.54, 1.807) is 0 Å². The summed E-state index contributed by atoms with van der Waals surface area (Å²) in [5.41, 5.74) is -0.140. The normalized spacial score (nSPS) is 11.1. The second-order valence-corrected chi connectivity index (χ2v) is 5.45. The fourth-order valence-corrected chi connectivity index (χ4v) is 1.51. The van der Waals surface area contributed by atoms with Gasteiger partial charge < -0.3 is 5.32 Å². The molecule has 0 amide bonds. The lowest BCUT2D eigenvalue weighted by atomic mass is 9.92. The van der Waals surface area contributed by atoms with Crippen LogP contribution in [0.2, 0.25) is 0 Å². The van der Waals surface area contributed by atoms with E-state index >= 15 is 0 Å². The molecule has 1 rings (SSSR count). The average molecular weight is 267 g/mol. The van der Waals surface area contributed by atoms with Gasteiger partial charge in [-0.15, -0.1) is 0 Å². The maximum Gasteiger partial charge on any atom is 0.299 e. The summed E-state index contributed by atoms with van der Waals surface area (Å²) in [6, 6.07) is 3.60. The molecule has 104 valence electrons. The van der Waals surface area contributed by atoms with Crippen molar-refractivity contribution in [2.24, 2.45) is 5.41 Å². The first-order chi connectivity index (χ1) is 8.70. The number of hydrogen-bond acceptors (Lipinski definition) is 5. The fourth-order valence-electron chi connectivity index (χ4n) is 1.51. The lowest BCUT2D eigenvalue weighted by molar-refractivity contribution is -0.393. The summed E-state index contributed by atoms with van der Waals surface area (Å²) in [6.45, 7) is 6.78. The van der Waals surface area contributed by atoms with Gasteiger partial charge in [0.05, 0.1) is 15.9 Å². The molecule has 0 unspecified atom stereocenters. The average Bonchev–Trinajstić information content (AvgIpc) is 2.27. The molecule has 1 N–H and O–H groups in total. The molecule has 7 heteroatoms. The second kappa shape index (κ2) is 5.64. The van der Waals surface area contributed by atoms with E-state index in [-0.39, 0.29) is 16.8 Å². The number of hydrogen-bond donors (Lipinski definition) is 1. The highest BCUT2D eigenvalue weighted by Gasteiger charge is 2.19. The van der Waals surface area contributed by atoms with E-state index in [2.05, 4.69) is 26.1 Å². The molecule has 0 aliphatic heterocycles. The van der Waals surface area contributed by atoms with Crippen LogP contribution in [0.15, 0.2) is 18.2 Å². The minimum Gasteiger partial charge on any atom is -0.379 e. The molecule has 0 saturated carbocycles. The summed E-state index contributed by atoms with van der Waals surface area (Å²) in [4.78, 5) is 20.2. The van der Waals surface area contributed by atoms with Crippen molar-refractivity contribution >= 4 is 17.1 Å². The Bertz CT molecular complexity index is 494. The number of nitrogens with one attached hydrogen (secondary N) is 1. The molecule has 0 aliphatic carbocycles. The van der Waals surface area contributed by atoms with E-state index < -0.39 is 9.85 Å². The van der Waals surface area contributed by atoms with Crippen LogP contribution in [-0.4, -0.2) is 16.4 Å². The zero-order chi connectivity index (χ0) is 14.6. The standard InChI is InChI=1S/C12H17N3O4/c1-12(2,3)6-7-13-10-5-4-9(14(16)17)8-11(10)15(18)19/h4-5,8,13H,6-7H2,1-3H3. The highest BCUT2D eigenvalue weighted by Crippen LogP contribution is 2.29. The number of nitro groups is 2. The summed E-state index contributed by atoms with van der Waals surface area (Å²) < 4.78 is 0. The van der Waals surface area contributed by atoms with Gasteiger partial charge in [0.2, 0.25) is 0 Å². The van der Waals surface area contributed by atoms with Crippen LogP contribution < -0.4 is 5.32 Å². The summed E-state index contributed by atoms with van der Waals surface area (Å²) in [7, 11) is 0. The number of nitrogens with zero attached hydrogens (tertiary/aromatic N) is 2. The van der Waals surface area contributed by atoms with Crippen LogP contribution in [0.5, 0.6) is 0 Å². The van der Waals surface area contributed by atoms with Crippen LogP contribution in [0.1, 0.15) is 27.2 Å². The highest BCUT2D eigenvalue weighted by molar-refractivity contribution is 5.65. The van der Waals surface area contributed by atoms with E-state index in [4.69, 9.17) is 0 Å². The van der Waals surface area contributed by atoms with Crippen LogP contribution in [-0.2, 0) is 0 Å². The second-order valence-electron chi connectivity index (χ2n) is 5.45. The third kappa shape index (κ3) is 4.53. The maximum atomic E-state index is 10.9. The Morgan fingerprint density at radius 1 is 1.16 bits per heavy atom. The van der Waals surface area contributed by atoms with Crippen molar-refractivity contribution in [1.29, 1.82) is 0 Å². The third-order valence-electron chi connectivity index (χ3n) is 2.58. The van der Waals surface area contributed by atoms with Gasteiger partial charge in [-0.3, -0.25) is 20.2 Å². The molecule has 0 fully saturated rings. The molecule has 1 aromatic rings. The van der Waals surface area contributed by atoms with Gasteiger partial charge in [0.15, 0.2) is 0 Å². The molecule has 0 saturated heterocycles. The van der Waals surface area contributed by atoms with E-state index in [1.165, 1.54) is 12.1 Å². The Morgan fingerprint density at radius 2 is 1.79 bits per heavy atom. The monoisotopic (exact) mass is 267 g/mol. The van der Waals surface area contributed by atoms with Crippen molar-refractivity contribution < 1.29 is 9.85 Å². The first-order valence-electron chi connectivity index (χ1n) is 5.87. The molecular weight excluding hydrogens is 250 g/mol. The van der Waals surface area contributed by atoms with Gasteiger partial charge in [-0.2, -0.15) is 0 Å². The summed E-state index contributed by atoms with van der Waals surface area (Å²) in [5, 5.41) is 24.4. The summed E-state index contributed by atoms with van der Waals surface area (Å²) >= 11 is 0. The first-order valence-corrected chi connectivity index (χ1v) is 5.87. The van der Waals surface area contributed by atoms with Crippen LogP contribution in [0.4, 0.5) is 17.1 Å². The Kier molecular flexibility index (Phi) is 4.42. The molecule has 7 nitrogen and oxygen atoms in total. The number of rotatable bonds is 5. The van der Waals surface area contributed by atoms with E-state index in [0.717, 1.165) is 12.5 Å². The molecule has 0 aliphatic rings. The topological polar surface area (TPSA) is 98.3 Å².